The summed E-state index contributed by atoms with van der Waals surface area (Å²) in [6.45, 7) is 1.73. The summed E-state index contributed by atoms with van der Waals surface area (Å²) < 4.78 is 1.18. The van der Waals surface area contributed by atoms with E-state index in [0.717, 1.165) is 5.56 Å². The molecule has 2 rings (SSSR count). The molecule has 0 saturated carbocycles. The molecule has 1 aromatic heterocycles. The van der Waals surface area contributed by atoms with Gasteiger partial charge in [0.05, 0.1) is 5.71 Å². The first-order valence-corrected chi connectivity index (χ1v) is 5.57. The summed E-state index contributed by atoms with van der Waals surface area (Å²) in [5.41, 5.74) is 9.51. The lowest BCUT2D eigenvalue weighted by Crippen LogP contribution is -2.25. The third-order valence-corrected chi connectivity index (χ3v) is 2.39. The Morgan fingerprint density at radius 2 is 2.16 bits per heavy atom. The quantitative estimate of drug-likeness (QED) is 0.583. The number of nitrogen functional groups attached to an aromatic ring is 1. The monoisotopic (exact) mass is 259 g/mol. The maximum Gasteiger partial charge on any atom is 0.262 e. The smallest absolute Gasteiger partial charge is 0.262 e. The average molecular weight is 259 g/mol. The normalized spacial score (nSPS) is 11.3. The first kappa shape index (κ1) is 12.7. The predicted molar refractivity (Wildman–Crippen MR) is 69.0 cm³/mol. The number of benzene rings is 1. The third kappa shape index (κ3) is 3.35. The lowest BCUT2D eigenvalue weighted by atomic mass is 10.1. The first-order chi connectivity index (χ1) is 9.16. The van der Waals surface area contributed by atoms with Crippen LogP contribution in [0.15, 0.2) is 35.4 Å². The van der Waals surface area contributed by atoms with Crippen LogP contribution in [0.2, 0.25) is 0 Å². The van der Waals surface area contributed by atoms with E-state index in [1.54, 1.807) is 6.92 Å². The van der Waals surface area contributed by atoms with Gasteiger partial charge in [0.1, 0.15) is 6.54 Å². The number of anilines is 1. The third-order valence-electron chi connectivity index (χ3n) is 2.39. The molecule has 2 aromatic rings. The van der Waals surface area contributed by atoms with Crippen molar-refractivity contribution >= 4 is 17.6 Å². The average Bonchev–Trinajstić information content (AvgIpc) is 2.82. The largest absolute Gasteiger partial charge is 0.367 e. The van der Waals surface area contributed by atoms with E-state index < -0.39 is 0 Å². The molecular formula is C11H13N7O. The van der Waals surface area contributed by atoms with Crippen molar-refractivity contribution in [3.63, 3.8) is 0 Å². The Morgan fingerprint density at radius 1 is 1.42 bits per heavy atom. The number of nitrogens with zero attached hydrogens (tertiary/aromatic N) is 5. The molecule has 0 fully saturated rings. The van der Waals surface area contributed by atoms with Crippen LogP contribution in [0.1, 0.15) is 12.5 Å². The van der Waals surface area contributed by atoms with E-state index in [1.807, 2.05) is 30.3 Å². The van der Waals surface area contributed by atoms with Crippen molar-refractivity contribution in [1.82, 2.24) is 25.6 Å². The summed E-state index contributed by atoms with van der Waals surface area (Å²) in [5.74, 6) is -0.270. The van der Waals surface area contributed by atoms with E-state index in [2.05, 4.69) is 26.1 Å². The summed E-state index contributed by atoms with van der Waals surface area (Å²) in [7, 11) is 0. The number of tetrazole rings is 1. The number of rotatable bonds is 4. The van der Waals surface area contributed by atoms with E-state index in [4.69, 9.17) is 5.73 Å². The summed E-state index contributed by atoms with van der Waals surface area (Å²) >= 11 is 0. The molecule has 0 atom stereocenters. The number of nitrogens with one attached hydrogen (secondary N) is 1. The maximum absolute atomic E-state index is 11.6. The van der Waals surface area contributed by atoms with Gasteiger partial charge in [-0.25, -0.2) is 10.1 Å². The van der Waals surface area contributed by atoms with E-state index in [-0.39, 0.29) is 18.4 Å². The first-order valence-electron chi connectivity index (χ1n) is 5.57. The van der Waals surface area contributed by atoms with Crippen molar-refractivity contribution in [1.29, 1.82) is 0 Å². The molecule has 19 heavy (non-hydrogen) atoms. The van der Waals surface area contributed by atoms with Crippen LogP contribution in [0.5, 0.6) is 0 Å². The number of aromatic nitrogens is 4. The fourth-order valence-electron chi connectivity index (χ4n) is 1.39. The van der Waals surface area contributed by atoms with Crippen molar-refractivity contribution in [3.05, 3.63) is 35.9 Å². The zero-order valence-electron chi connectivity index (χ0n) is 10.3. The van der Waals surface area contributed by atoms with Crippen molar-refractivity contribution in [2.24, 2.45) is 5.10 Å². The Balaban J connectivity index is 1.95. The molecule has 98 valence electrons. The van der Waals surface area contributed by atoms with Gasteiger partial charge in [0.2, 0.25) is 5.95 Å². The number of carbonyl (C=O) groups is 1. The van der Waals surface area contributed by atoms with Gasteiger partial charge in [-0.15, -0.1) is 0 Å². The number of nitrogens with two attached hydrogens (primary N) is 1. The van der Waals surface area contributed by atoms with Crippen LogP contribution in [0.4, 0.5) is 5.95 Å². The highest BCUT2D eigenvalue weighted by Gasteiger charge is 2.07. The van der Waals surface area contributed by atoms with Crippen LogP contribution in [-0.2, 0) is 11.3 Å². The molecule has 0 aliphatic carbocycles. The van der Waals surface area contributed by atoms with Crippen LogP contribution >= 0.6 is 0 Å². The SMILES string of the molecule is C/C(=N/NC(=O)Cn1nnnc1N)c1ccccc1. The van der Waals surface area contributed by atoms with Crippen LogP contribution in [-0.4, -0.2) is 31.8 Å². The highest BCUT2D eigenvalue weighted by molar-refractivity contribution is 5.99. The molecule has 0 radical (unpaired) electrons. The van der Waals surface area contributed by atoms with Gasteiger partial charge >= 0.3 is 0 Å². The molecule has 1 heterocycles. The molecule has 8 heteroatoms. The van der Waals surface area contributed by atoms with Gasteiger partial charge in [0.15, 0.2) is 0 Å². The second kappa shape index (κ2) is 5.71. The van der Waals surface area contributed by atoms with Gasteiger partial charge in [-0.05, 0) is 22.9 Å². The summed E-state index contributed by atoms with van der Waals surface area (Å²) in [6.07, 6.45) is 0. The van der Waals surface area contributed by atoms with Gasteiger partial charge in [-0.1, -0.05) is 35.4 Å². The minimum atomic E-state index is -0.353. The van der Waals surface area contributed by atoms with Crippen LogP contribution in [0, 0.1) is 0 Å². The molecule has 1 aromatic carbocycles. The molecule has 3 N–H and O–H groups in total. The molecule has 0 spiro atoms. The van der Waals surface area contributed by atoms with Crippen LogP contribution < -0.4 is 11.2 Å². The number of hydrogen-bond acceptors (Lipinski definition) is 6. The number of hydrogen-bond donors (Lipinski definition) is 2. The Bertz CT molecular complexity index is 590. The molecule has 0 bridgehead atoms. The zero-order chi connectivity index (χ0) is 13.7. The minimum Gasteiger partial charge on any atom is -0.367 e. The van der Waals surface area contributed by atoms with E-state index in [9.17, 15) is 4.79 Å². The molecule has 1 amide bonds. The van der Waals surface area contributed by atoms with Gasteiger partial charge in [-0.3, -0.25) is 4.79 Å². The predicted octanol–water partition coefficient (Wildman–Crippen LogP) is -0.204. The zero-order valence-corrected chi connectivity index (χ0v) is 10.3. The Morgan fingerprint density at radius 3 is 2.79 bits per heavy atom. The Hall–Kier alpha value is -2.77. The van der Waals surface area contributed by atoms with Crippen molar-refractivity contribution in [2.45, 2.75) is 13.5 Å². The maximum atomic E-state index is 11.6. The summed E-state index contributed by atoms with van der Waals surface area (Å²) in [6, 6.07) is 9.53. The van der Waals surface area contributed by atoms with Gasteiger partial charge < -0.3 is 5.73 Å². The Kier molecular flexibility index (Phi) is 3.81. The molecule has 0 saturated heterocycles. The molecule has 0 unspecified atom stereocenters. The van der Waals surface area contributed by atoms with E-state index in [1.165, 1.54) is 4.68 Å². The second-order valence-electron chi connectivity index (χ2n) is 3.79. The van der Waals surface area contributed by atoms with E-state index >= 15 is 0 Å². The minimum absolute atomic E-state index is 0.0790. The summed E-state index contributed by atoms with van der Waals surface area (Å²) in [4.78, 5) is 11.6. The van der Waals surface area contributed by atoms with Gasteiger partial charge in [-0.2, -0.15) is 5.10 Å². The molecular weight excluding hydrogens is 246 g/mol. The van der Waals surface area contributed by atoms with Crippen molar-refractivity contribution < 1.29 is 4.79 Å². The number of amides is 1. The van der Waals surface area contributed by atoms with Gasteiger partial charge in [0, 0.05) is 0 Å². The second-order valence-corrected chi connectivity index (χ2v) is 3.79. The highest BCUT2D eigenvalue weighted by atomic mass is 16.2. The topological polar surface area (TPSA) is 111 Å². The lowest BCUT2D eigenvalue weighted by molar-refractivity contribution is -0.121. The fraction of sp³-hybridized carbons (Fsp3) is 0.182. The molecule has 8 nitrogen and oxygen atoms in total. The van der Waals surface area contributed by atoms with Crippen molar-refractivity contribution in [3.8, 4) is 0 Å². The molecule has 0 aliphatic heterocycles. The Labute approximate surface area is 109 Å². The molecule has 0 aliphatic rings. The highest BCUT2D eigenvalue weighted by Crippen LogP contribution is 1.99. The summed E-state index contributed by atoms with van der Waals surface area (Å²) in [5, 5.41) is 14.4. The van der Waals surface area contributed by atoms with Crippen molar-refractivity contribution in [2.75, 3.05) is 5.73 Å². The van der Waals surface area contributed by atoms with Crippen LogP contribution in [0.3, 0.4) is 0 Å². The van der Waals surface area contributed by atoms with Gasteiger partial charge in [0.25, 0.3) is 5.91 Å². The fourth-order valence-corrected chi connectivity index (χ4v) is 1.39. The lowest BCUT2D eigenvalue weighted by Gasteiger charge is -2.03. The number of carbonyl (C=O) groups excluding carboxylic acids is 1. The standard InChI is InChI=1S/C11H13N7O/c1-8(9-5-3-2-4-6-9)13-14-10(19)7-18-11(12)15-16-17-18/h2-6H,7H2,1H3,(H,14,19)(H2,12,15,17)/b13-8-. The van der Waals surface area contributed by atoms with Crippen LogP contribution in [0.25, 0.3) is 0 Å². The number of hydrazone groups is 1. The van der Waals surface area contributed by atoms with E-state index in [0.29, 0.717) is 5.71 Å².